The molecule has 0 radical (unpaired) electrons. The first-order valence-corrected chi connectivity index (χ1v) is 8.60. The number of hydrogen-bond acceptors (Lipinski definition) is 2. The van der Waals surface area contributed by atoms with Gasteiger partial charge in [-0.05, 0) is 75.9 Å². The van der Waals surface area contributed by atoms with E-state index in [2.05, 4.69) is 31.0 Å². The molecule has 1 aliphatic heterocycles. The first-order valence-electron chi connectivity index (χ1n) is 8.60. The highest BCUT2D eigenvalue weighted by Crippen LogP contribution is 2.29. The first kappa shape index (κ1) is 15.3. The van der Waals surface area contributed by atoms with E-state index in [1.165, 1.54) is 64.7 Å². The molecule has 2 rings (SSSR count). The van der Waals surface area contributed by atoms with E-state index in [4.69, 9.17) is 0 Å². The molecule has 2 aliphatic rings. The SMILES string of the molecule is CC(C)CNCC1CCCN(C2CCC(C)CC2)C1. The second-order valence-electron chi connectivity index (χ2n) is 7.47. The Labute approximate surface area is 120 Å². The lowest BCUT2D eigenvalue weighted by molar-refractivity contribution is 0.0885. The van der Waals surface area contributed by atoms with Crippen LogP contribution >= 0.6 is 0 Å². The van der Waals surface area contributed by atoms with Crippen LogP contribution in [0.3, 0.4) is 0 Å². The van der Waals surface area contributed by atoms with Gasteiger partial charge in [-0.3, -0.25) is 0 Å². The molecule has 1 heterocycles. The van der Waals surface area contributed by atoms with Gasteiger partial charge in [-0.2, -0.15) is 0 Å². The van der Waals surface area contributed by atoms with Crippen LogP contribution in [-0.2, 0) is 0 Å². The third-order valence-electron chi connectivity index (χ3n) is 5.04. The standard InChI is InChI=1S/C17H34N2/c1-14(2)11-18-12-16-5-4-10-19(13-16)17-8-6-15(3)7-9-17/h14-18H,4-13H2,1-3H3. The Morgan fingerprint density at radius 3 is 2.53 bits per heavy atom. The van der Waals surface area contributed by atoms with Crippen molar-refractivity contribution in [2.24, 2.45) is 17.8 Å². The summed E-state index contributed by atoms with van der Waals surface area (Å²) >= 11 is 0. The number of piperidine rings is 1. The molecule has 0 spiro atoms. The average Bonchev–Trinajstić information content (AvgIpc) is 2.39. The van der Waals surface area contributed by atoms with Gasteiger partial charge >= 0.3 is 0 Å². The van der Waals surface area contributed by atoms with E-state index in [1.54, 1.807) is 0 Å². The van der Waals surface area contributed by atoms with Gasteiger partial charge in [0.1, 0.15) is 0 Å². The van der Waals surface area contributed by atoms with E-state index in [1.807, 2.05) is 0 Å². The molecule has 2 nitrogen and oxygen atoms in total. The van der Waals surface area contributed by atoms with Crippen molar-refractivity contribution >= 4 is 0 Å². The molecule has 0 amide bonds. The Bertz CT molecular complexity index is 244. The van der Waals surface area contributed by atoms with E-state index in [-0.39, 0.29) is 0 Å². The summed E-state index contributed by atoms with van der Waals surface area (Å²) in [5.74, 6) is 2.65. The average molecular weight is 266 g/mol. The predicted octanol–water partition coefficient (Wildman–Crippen LogP) is 3.52. The van der Waals surface area contributed by atoms with Gasteiger partial charge in [-0.15, -0.1) is 0 Å². The number of likely N-dealkylation sites (tertiary alicyclic amines) is 1. The van der Waals surface area contributed by atoms with Crippen LogP contribution in [0, 0.1) is 17.8 Å². The summed E-state index contributed by atoms with van der Waals surface area (Å²) in [7, 11) is 0. The van der Waals surface area contributed by atoms with E-state index >= 15 is 0 Å². The summed E-state index contributed by atoms with van der Waals surface area (Å²) in [6.07, 6.45) is 8.67. The van der Waals surface area contributed by atoms with Crippen molar-refractivity contribution in [1.29, 1.82) is 0 Å². The van der Waals surface area contributed by atoms with Gasteiger partial charge in [0.05, 0.1) is 0 Å². The van der Waals surface area contributed by atoms with E-state index in [0.29, 0.717) is 0 Å². The Morgan fingerprint density at radius 1 is 1.11 bits per heavy atom. The third kappa shape index (κ3) is 5.07. The zero-order chi connectivity index (χ0) is 13.7. The molecular formula is C17H34N2. The fourth-order valence-electron chi connectivity index (χ4n) is 3.78. The van der Waals surface area contributed by atoms with Crippen LogP contribution < -0.4 is 5.32 Å². The molecule has 0 aromatic carbocycles. The highest BCUT2D eigenvalue weighted by atomic mass is 15.2. The number of nitrogens with one attached hydrogen (secondary N) is 1. The van der Waals surface area contributed by atoms with Crippen LogP contribution in [0.5, 0.6) is 0 Å². The minimum absolute atomic E-state index is 0.777. The topological polar surface area (TPSA) is 15.3 Å². The second-order valence-corrected chi connectivity index (χ2v) is 7.47. The van der Waals surface area contributed by atoms with Gasteiger partial charge in [-0.1, -0.05) is 20.8 Å². The Hall–Kier alpha value is -0.0800. The van der Waals surface area contributed by atoms with Gasteiger partial charge < -0.3 is 10.2 Å². The number of nitrogens with zero attached hydrogens (tertiary/aromatic N) is 1. The molecule has 1 saturated carbocycles. The highest BCUT2D eigenvalue weighted by Gasteiger charge is 2.28. The summed E-state index contributed by atoms with van der Waals surface area (Å²) in [4.78, 5) is 2.82. The van der Waals surface area contributed by atoms with Crippen molar-refractivity contribution in [3.63, 3.8) is 0 Å². The molecule has 1 atom stereocenters. The van der Waals surface area contributed by atoms with Crippen molar-refractivity contribution in [3.05, 3.63) is 0 Å². The second kappa shape index (κ2) is 7.64. The van der Waals surface area contributed by atoms with Gasteiger partial charge in [0.15, 0.2) is 0 Å². The number of rotatable bonds is 5. The molecular weight excluding hydrogens is 232 g/mol. The molecule has 0 aromatic rings. The largest absolute Gasteiger partial charge is 0.316 e. The Balaban J connectivity index is 1.71. The quantitative estimate of drug-likeness (QED) is 0.819. The molecule has 0 aromatic heterocycles. The van der Waals surface area contributed by atoms with E-state index < -0.39 is 0 Å². The van der Waals surface area contributed by atoms with E-state index in [9.17, 15) is 0 Å². The van der Waals surface area contributed by atoms with Gasteiger partial charge in [-0.25, -0.2) is 0 Å². The zero-order valence-electron chi connectivity index (χ0n) is 13.3. The van der Waals surface area contributed by atoms with Crippen LogP contribution in [0.1, 0.15) is 59.3 Å². The fraction of sp³-hybridized carbons (Fsp3) is 1.00. The minimum atomic E-state index is 0.777. The lowest BCUT2D eigenvalue weighted by atomic mass is 9.85. The maximum atomic E-state index is 3.66. The molecule has 2 fully saturated rings. The predicted molar refractivity (Wildman–Crippen MR) is 83.4 cm³/mol. The Morgan fingerprint density at radius 2 is 1.84 bits per heavy atom. The summed E-state index contributed by atoms with van der Waals surface area (Å²) < 4.78 is 0. The summed E-state index contributed by atoms with van der Waals surface area (Å²) in [6, 6.07) is 0.907. The van der Waals surface area contributed by atoms with Crippen LogP contribution in [-0.4, -0.2) is 37.1 Å². The summed E-state index contributed by atoms with van der Waals surface area (Å²) in [6.45, 7) is 12.1. The lowest BCUT2D eigenvalue weighted by Crippen LogP contribution is -2.46. The van der Waals surface area contributed by atoms with Crippen LogP contribution in [0.25, 0.3) is 0 Å². The van der Waals surface area contributed by atoms with Crippen molar-refractivity contribution in [2.75, 3.05) is 26.2 Å². The summed E-state index contributed by atoms with van der Waals surface area (Å²) in [5.41, 5.74) is 0. The fourth-order valence-corrected chi connectivity index (χ4v) is 3.78. The molecule has 19 heavy (non-hydrogen) atoms. The monoisotopic (exact) mass is 266 g/mol. The molecule has 1 unspecified atom stereocenters. The smallest absolute Gasteiger partial charge is 0.00955 e. The van der Waals surface area contributed by atoms with Crippen LogP contribution in [0.4, 0.5) is 0 Å². The third-order valence-corrected chi connectivity index (χ3v) is 5.04. The molecule has 1 N–H and O–H groups in total. The molecule has 112 valence electrons. The molecule has 1 aliphatic carbocycles. The Kier molecular flexibility index (Phi) is 6.15. The van der Waals surface area contributed by atoms with Gasteiger partial charge in [0, 0.05) is 12.6 Å². The van der Waals surface area contributed by atoms with Gasteiger partial charge in [0.25, 0.3) is 0 Å². The van der Waals surface area contributed by atoms with Crippen molar-refractivity contribution in [1.82, 2.24) is 10.2 Å². The van der Waals surface area contributed by atoms with Gasteiger partial charge in [0.2, 0.25) is 0 Å². The summed E-state index contributed by atoms with van der Waals surface area (Å²) in [5, 5.41) is 3.66. The minimum Gasteiger partial charge on any atom is -0.316 e. The van der Waals surface area contributed by atoms with Crippen molar-refractivity contribution in [2.45, 2.75) is 65.3 Å². The van der Waals surface area contributed by atoms with Crippen LogP contribution in [0.15, 0.2) is 0 Å². The zero-order valence-corrected chi connectivity index (χ0v) is 13.3. The van der Waals surface area contributed by atoms with Crippen molar-refractivity contribution in [3.8, 4) is 0 Å². The highest BCUT2D eigenvalue weighted by molar-refractivity contribution is 4.83. The first-order chi connectivity index (χ1) is 9.15. The maximum Gasteiger partial charge on any atom is 0.00955 e. The lowest BCUT2D eigenvalue weighted by Gasteiger charge is -2.41. The van der Waals surface area contributed by atoms with E-state index in [0.717, 1.165) is 23.8 Å². The van der Waals surface area contributed by atoms with Crippen molar-refractivity contribution < 1.29 is 0 Å². The molecule has 1 saturated heterocycles. The maximum absolute atomic E-state index is 3.66. The normalized spacial score (nSPS) is 33.8. The molecule has 2 heteroatoms. The molecule has 0 bridgehead atoms. The number of hydrogen-bond donors (Lipinski definition) is 1. The van der Waals surface area contributed by atoms with Crippen LogP contribution in [0.2, 0.25) is 0 Å².